The summed E-state index contributed by atoms with van der Waals surface area (Å²) in [6.45, 7) is 4.18. The number of nitrogens with one attached hydrogen (secondary N) is 1. The van der Waals surface area contributed by atoms with E-state index in [0.29, 0.717) is 11.8 Å². The normalized spacial score (nSPS) is 23.4. The molecule has 1 N–H and O–H groups in total. The average Bonchev–Trinajstić information content (AvgIpc) is 2.58. The Morgan fingerprint density at radius 3 is 2.54 bits per heavy atom. The molecule has 1 aliphatic rings. The number of methoxy groups -OCH3 is 1. The molecule has 5 nitrogen and oxygen atoms in total. The highest BCUT2D eigenvalue weighted by atomic mass is 16.5. The van der Waals surface area contributed by atoms with Gasteiger partial charge in [0.15, 0.2) is 6.61 Å². The van der Waals surface area contributed by atoms with Crippen molar-refractivity contribution >= 4 is 11.9 Å². The van der Waals surface area contributed by atoms with Crippen LogP contribution in [0.5, 0.6) is 5.75 Å². The van der Waals surface area contributed by atoms with Crippen LogP contribution in [0, 0.1) is 11.8 Å². The molecule has 1 aromatic rings. The molecule has 0 radical (unpaired) electrons. The molecule has 1 saturated carbocycles. The Morgan fingerprint density at radius 1 is 1.17 bits per heavy atom. The van der Waals surface area contributed by atoms with E-state index in [1.807, 2.05) is 12.1 Å². The molecule has 0 heterocycles. The van der Waals surface area contributed by atoms with Crippen LogP contribution >= 0.6 is 0 Å². The van der Waals surface area contributed by atoms with Gasteiger partial charge in [0.05, 0.1) is 13.5 Å². The summed E-state index contributed by atoms with van der Waals surface area (Å²) in [5, 5.41) is 3.00. The molecular formula is C19H27NO4. The highest BCUT2D eigenvalue weighted by Crippen LogP contribution is 2.29. The Labute approximate surface area is 143 Å². The van der Waals surface area contributed by atoms with E-state index in [0.717, 1.165) is 24.2 Å². The van der Waals surface area contributed by atoms with Gasteiger partial charge in [-0.15, -0.1) is 0 Å². The fraction of sp³-hybridized carbons (Fsp3) is 0.579. The van der Waals surface area contributed by atoms with Gasteiger partial charge >= 0.3 is 5.97 Å². The van der Waals surface area contributed by atoms with Crippen molar-refractivity contribution in [3.05, 3.63) is 29.8 Å². The van der Waals surface area contributed by atoms with Crippen molar-refractivity contribution in [2.45, 2.75) is 45.6 Å². The summed E-state index contributed by atoms with van der Waals surface area (Å²) in [7, 11) is 1.59. The summed E-state index contributed by atoms with van der Waals surface area (Å²) in [6, 6.07) is 7.39. The van der Waals surface area contributed by atoms with E-state index in [1.165, 1.54) is 6.42 Å². The largest absolute Gasteiger partial charge is 0.497 e. The molecule has 24 heavy (non-hydrogen) atoms. The minimum absolute atomic E-state index is 0.147. The van der Waals surface area contributed by atoms with Crippen molar-refractivity contribution in [2.75, 3.05) is 13.7 Å². The van der Waals surface area contributed by atoms with Crippen LogP contribution in [0.3, 0.4) is 0 Å². The maximum atomic E-state index is 12.0. The van der Waals surface area contributed by atoms with E-state index in [4.69, 9.17) is 9.47 Å². The van der Waals surface area contributed by atoms with E-state index in [-0.39, 0.29) is 25.0 Å². The average molecular weight is 333 g/mol. The number of carbonyl (C=O) groups excluding carboxylic acids is 2. The maximum Gasteiger partial charge on any atom is 0.310 e. The van der Waals surface area contributed by atoms with E-state index in [9.17, 15) is 9.59 Å². The smallest absolute Gasteiger partial charge is 0.310 e. The first-order valence-corrected chi connectivity index (χ1v) is 8.57. The lowest BCUT2D eigenvalue weighted by atomic mass is 9.78. The summed E-state index contributed by atoms with van der Waals surface area (Å²) in [6.07, 6.45) is 3.49. The van der Waals surface area contributed by atoms with Crippen LogP contribution in [-0.4, -0.2) is 31.6 Å². The van der Waals surface area contributed by atoms with Crippen LogP contribution in [-0.2, 0) is 20.7 Å². The molecule has 0 aliphatic heterocycles. The quantitative estimate of drug-likeness (QED) is 0.813. The topological polar surface area (TPSA) is 64.6 Å². The van der Waals surface area contributed by atoms with Gasteiger partial charge in [0.2, 0.25) is 0 Å². The number of benzene rings is 1. The monoisotopic (exact) mass is 333 g/mol. The van der Waals surface area contributed by atoms with Crippen LogP contribution < -0.4 is 10.1 Å². The zero-order valence-corrected chi connectivity index (χ0v) is 14.7. The molecule has 1 amide bonds. The second-order valence-electron chi connectivity index (χ2n) is 6.63. The summed E-state index contributed by atoms with van der Waals surface area (Å²) in [4.78, 5) is 23.8. The molecular weight excluding hydrogens is 306 g/mol. The second kappa shape index (κ2) is 8.71. The number of carbonyl (C=O) groups is 2. The van der Waals surface area contributed by atoms with Gasteiger partial charge in [-0.25, -0.2) is 0 Å². The third kappa shape index (κ3) is 5.25. The van der Waals surface area contributed by atoms with Gasteiger partial charge in [-0.1, -0.05) is 38.8 Å². The Morgan fingerprint density at radius 2 is 1.88 bits per heavy atom. The molecule has 1 aromatic carbocycles. The first-order chi connectivity index (χ1) is 11.5. The second-order valence-corrected chi connectivity index (χ2v) is 6.63. The predicted molar refractivity (Wildman–Crippen MR) is 91.8 cm³/mol. The summed E-state index contributed by atoms with van der Waals surface area (Å²) < 4.78 is 10.2. The molecule has 5 heteroatoms. The molecule has 3 atom stereocenters. The number of hydrogen-bond acceptors (Lipinski definition) is 4. The number of esters is 1. The van der Waals surface area contributed by atoms with Crippen LogP contribution in [0.2, 0.25) is 0 Å². The molecule has 132 valence electrons. The summed E-state index contributed by atoms with van der Waals surface area (Å²) in [5.41, 5.74) is 0.830. The van der Waals surface area contributed by atoms with Crippen molar-refractivity contribution in [2.24, 2.45) is 11.8 Å². The first kappa shape index (κ1) is 18.3. The van der Waals surface area contributed by atoms with E-state index in [1.54, 1.807) is 19.2 Å². The van der Waals surface area contributed by atoms with Crippen molar-refractivity contribution in [1.82, 2.24) is 5.32 Å². The lowest BCUT2D eigenvalue weighted by Gasteiger charge is -2.34. The fourth-order valence-corrected chi connectivity index (χ4v) is 3.14. The minimum atomic E-state index is -0.402. The lowest BCUT2D eigenvalue weighted by Crippen LogP contribution is -2.45. The minimum Gasteiger partial charge on any atom is -0.497 e. The highest BCUT2D eigenvalue weighted by molar-refractivity contribution is 5.81. The van der Waals surface area contributed by atoms with Gasteiger partial charge in [0, 0.05) is 6.04 Å². The van der Waals surface area contributed by atoms with E-state index >= 15 is 0 Å². The number of rotatable bonds is 6. The molecule has 0 saturated heterocycles. The molecule has 0 bridgehead atoms. The van der Waals surface area contributed by atoms with Crippen molar-refractivity contribution in [3.8, 4) is 5.75 Å². The van der Waals surface area contributed by atoms with Gasteiger partial charge in [-0.05, 0) is 36.0 Å². The molecule has 1 aliphatic carbocycles. The van der Waals surface area contributed by atoms with Gasteiger partial charge in [0.25, 0.3) is 5.91 Å². The molecule has 2 rings (SSSR count). The van der Waals surface area contributed by atoms with Gasteiger partial charge in [-0.2, -0.15) is 0 Å². The SMILES string of the molecule is COc1ccc(CC(=O)OCC(=O)N[C@@H]2CCC[C@H](C)[C@H]2C)cc1. The van der Waals surface area contributed by atoms with Crippen LogP contribution in [0.1, 0.15) is 38.7 Å². The number of hydrogen-bond donors (Lipinski definition) is 1. The van der Waals surface area contributed by atoms with Crippen LogP contribution in [0.25, 0.3) is 0 Å². The predicted octanol–water partition coefficient (Wildman–Crippen LogP) is 2.72. The van der Waals surface area contributed by atoms with Crippen molar-refractivity contribution in [1.29, 1.82) is 0 Å². The van der Waals surface area contributed by atoms with Gasteiger partial charge < -0.3 is 14.8 Å². The molecule has 0 spiro atoms. The van der Waals surface area contributed by atoms with Crippen LogP contribution in [0.4, 0.5) is 0 Å². The Hall–Kier alpha value is -2.04. The molecule has 0 aromatic heterocycles. The van der Waals surface area contributed by atoms with Gasteiger partial charge in [-0.3, -0.25) is 9.59 Å². The number of amides is 1. The highest BCUT2D eigenvalue weighted by Gasteiger charge is 2.28. The first-order valence-electron chi connectivity index (χ1n) is 8.57. The van der Waals surface area contributed by atoms with Crippen molar-refractivity contribution < 1.29 is 19.1 Å². The zero-order chi connectivity index (χ0) is 17.5. The third-order valence-electron chi connectivity index (χ3n) is 4.92. The molecule has 0 unspecified atom stereocenters. The molecule has 1 fully saturated rings. The van der Waals surface area contributed by atoms with Crippen LogP contribution in [0.15, 0.2) is 24.3 Å². The van der Waals surface area contributed by atoms with Crippen molar-refractivity contribution in [3.63, 3.8) is 0 Å². The van der Waals surface area contributed by atoms with Gasteiger partial charge in [0.1, 0.15) is 5.75 Å². The maximum absolute atomic E-state index is 12.0. The fourth-order valence-electron chi connectivity index (χ4n) is 3.14. The standard InChI is InChI=1S/C19H27NO4/c1-13-5-4-6-17(14(13)2)20-18(21)12-24-19(22)11-15-7-9-16(23-3)10-8-15/h7-10,13-14,17H,4-6,11-12H2,1-3H3,(H,20,21)/t13-,14+,17+/m0/s1. The Balaban J connectivity index is 1.73. The van der Waals surface area contributed by atoms with E-state index in [2.05, 4.69) is 19.2 Å². The lowest BCUT2D eigenvalue weighted by molar-refractivity contribution is -0.148. The summed E-state index contributed by atoms with van der Waals surface area (Å²) >= 11 is 0. The Bertz CT molecular complexity index is 555. The van der Waals surface area contributed by atoms with E-state index < -0.39 is 5.97 Å². The number of ether oxygens (including phenoxy) is 2. The summed E-state index contributed by atoms with van der Waals surface area (Å²) in [5.74, 6) is 1.19. The zero-order valence-electron chi connectivity index (χ0n) is 14.7. The Kier molecular flexibility index (Phi) is 6.64. The third-order valence-corrected chi connectivity index (χ3v) is 4.92.